The molecule has 0 aliphatic rings. The molecular formula is C22H20N4O3S. The van der Waals surface area contributed by atoms with Crippen LogP contribution in [0.15, 0.2) is 60.7 Å². The number of carbonyl (C=O) groups excluding carboxylic acids is 2. The van der Waals surface area contributed by atoms with E-state index in [1.54, 1.807) is 13.2 Å². The SMILES string of the molecule is COc1cccc(NC(=O)Cc2cc3c(NC(=O)Cc4ccccc4)[nH]nc3s2)c1. The summed E-state index contributed by atoms with van der Waals surface area (Å²) in [4.78, 5) is 26.3. The van der Waals surface area contributed by atoms with Gasteiger partial charge in [-0.3, -0.25) is 14.7 Å². The third-order valence-corrected chi connectivity index (χ3v) is 5.49. The molecule has 2 aromatic carbocycles. The number of fused-ring (bicyclic) bond motifs is 1. The summed E-state index contributed by atoms with van der Waals surface area (Å²) in [5, 5.41) is 13.6. The first kappa shape index (κ1) is 19.7. The molecule has 0 saturated carbocycles. The van der Waals surface area contributed by atoms with Crippen LogP contribution in [0.1, 0.15) is 10.4 Å². The lowest BCUT2D eigenvalue weighted by atomic mass is 10.1. The minimum Gasteiger partial charge on any atom is -0.497 e. The maximum absolute atomic E-state index is 12.4. The number of rotatable bonds is 7. The van der Waals surface area contributed by atoms with E-state index in [-0.39, 0.29) is 24.7 Å². The number of benzene rings is 2. The Morgan fingerprint density at radius 3 is 2.60 bits per heavy atom. The average Bonchev–Trinajstić information content (AvgIpc) is 3.30. The molecule has 152 valence electrons. The summed E-state index contributed by atoms with van der Waals surface area (Å²) in [6.07, 6.45) is 0.497. The second-order valence-corrected chi connectivity index (χ2v) is 7.81. The number of methoxy groups -OCH3 is 1. The molecule has 0 bridgehead atoms. The van der Waals surface area contributed by atoms with Crippen LogP contribution in [0, 0.1) is 0 Å². The Bertz CT molecular complexity index is 1180. The molecule has 4 aromatic rings. The van der Waals surface area contributed by atoms with E-state index in [0.717, 1.165) is 20.7 Å². The van der Waals surface area contributed by atoms with Crippen molar-refractivity contribution in [3.63, 3.8) is 0 Å². The van der Waals surface area contributed by atoms with Crippen LogP contribution in [0.5, 0.6) is 5.75 Å². The van der Waals surface area contributed by atoms with Gasteiger partial charge in [0.25, 0.3) is 0 Å². The van der Waals surface area contributed by atoms with Crippen molar-refractivity contribution < 1.29 is 14.3 Å². The van der Waals surface area contributed by atoms with Gasteiger partial charge in [0.15, 0.2) is 0 Å². The largest absolute Gasteiger partial charge is 0.497 e. The molecule has 0 unspecified atom stereocenters. The van der Waals surface area contributed by atoms with Crippen LogP contribution in [0.3, 0.4) is 0 Å². The smallest absolute Gasteiger partial charge is 0.229 e. The monoisotopic (exact) mass is 420 g/mol. The normalized spacial score (nSPS) is 10.7. The summed E-state index contributed by atoms with van der Waals surface area (Å²) in [5.41, 5.74) is 1.61. The zero-order chi connectivity index (χ0) is 20.9. The molecule has 3 N–H and O–H groups in total. The fourth-order valence-corrected chi connectivity index (χ4v) is 4.06. The molecule has 30 heavy (non-hydrogen) atoms. The van der Waals surface area contributed by atoms with Crippen molar-refractivity contribution in [2.75, 3.05) is 17.7 Å². The Morgan fingerprint density at radius 1 is 1.00 bits per heavy atom. The van der Waals surface area contributed by atoms with Crippen LogP contribution in [0.2, 0.25) is 0 Å². The van der Waals surface area contributed by atoms with Crippen LogP contribution in [-0.2, 0) is 22.4 Å². The van der Waals surface area contributed by atoms with Crippen LogP contribution >= 0.6 is 11.3 Å². The molecular weight excluding hydrogens is 400 g/mol. The molecule has 7 nitrogen and oxygen atoms in total. The Hall–Kier alpha value is -3.65. The molecule has 0 saturated heterocycles. The van der Waals surface area contributed by atoms with E-state index in [0.29, 0.717) is 17.3 Å². The van der Waals surface area contributed by atoms with Crippen molar-refractivity contribution in [3.05, 3.63) is 71.1 Å². The maximum atomic E-state index is 12.4. The Morgan fingerprint density at radius 2 is 1.80 bits per heavy atom. The number of aromatic amines is 1. The van der Waals surface area contributed by atoms with Crippen LogP contribution in [-0.4, -0.2) is 29.1 Å². The van der Waals surface area contributed by atoms with Crippen LogP contribution < -0.4 is 15.4 Å². The van der Waals surface area contributed by atoms with E-state index < -0.39 is 0 Å². The van der Waals surface area contributed by atoms with E-state index in [2.05, 4.69) is 20.8 Å². The van der Waals surface area contributed by atoms with Gasteiger partial charge < -0.3 is 15.4 Å². The topological polar surface area (TPSA) is 96.1 Å². The zero-order valence-corrected chi connectivity index (χ0v) is 17.1. The Balaban J connectivity index is 1.41. The first-order chi connectivity index (χ1) is 14.6. The lowest BCUT2D eigenvalue weighted by molar-refractivity contribution is -0.116. The molecule has 0 spiro atoms. The van der Waals surface area contributed by atoms with Gasteiger partial charge in [-0.15, -0.1) is 11.3 Å². The summed E-state index contributed by atoms with van der Waals surface area (Å²) >= 11 is 1.42. The first-order valence-electron chi connectivity index (χ1n) is 9.35. The van der Waals surface area contributed by atoms with E-state index in [1.165, 1.54) is 11.3 Å². The number of nitrogens with zero attached hydrogens (tertiary/aromatic N) is 1. The third-order valence-electron chi connectivity index (χ3n) is 4.46. The van der Waals surface area contributed by atoms with E-state index >= 15 is 0 Å². The van der Waals surface area contributed by atoms with Gasteiger partial charge in [-0.25, -0.2) is 0 Å². The molecule has 8 heteroatoms. The minimum atomic E-state index is -0.134. The van der Waals surface area contributed by atoms with Crippen molar-refractivity contribution in [1.82, 2.24) is 10.2 Å². The standard InChI is InChI=1S/C22H20N4O3S/c1-29-16-9-5-8-15(11-16)23-20(28)13-17-12-18-21(25-26-22(18)30-17)24-19(27)10-14-6-3-2-4-7-14/h2-9,11-12H,10,13H2,1H3,(H,23,28)(H2,24,25,26,27). The summed E-state index contributed by atoms with van der Waals surface area (Å²) in [7, 11) is 1.58. The Labute approximate surface area is 177 Å². The van der Waals surface area contributed by atoms with Gasteiger partial charge in [0.1, 0.15) is 16.4 Å². The van der Waals surface area contributed by atoms with Gasteiger partial charge in [-0.1, -0.05) is 36.4 Å². The number of hydrogen-bond donors (Lipinski definition) is 3. The van der Waals surface area contributed by atoms with Crippen molar-refractivity contribution in [3.8, 4) is 5.75 Å². The summed E-state index contributed by atoms with van der Waals surface area (Å²) in [6.45, 7) is 0. The van der Waals surface area contributed by atoms with Gasteiger partial charge in [0, 0.05) is 16.6 Å². The fourth-order valence-electron chi connectivity index (χ4n) is 3.07. The number of ether oxygens (including phenoxy) is 1. The minimum absolute atomic E-state index is 0.129. The predicted octanol–water partition coefficient (Wildman–Crippen LogP) is 4.00. The van der Waals surface area contributed by atoms with Crippen molar-refractivity contribution >= 4 is 44.9 Å². The highest BCUT2D eigenvalue weighted by atomic mass is 32.1. The van der Waals surface area contributed by atoms with Crippen LogP contribution in [0.25, 0.3) is 10.2 Å². The third kappa shape index (κ3) is 4.66. The lowest BCUT2D eigenvalue weighted by Crippen LogP contribution is -2.15. The second kappa shape index (κ2) is 8.79. The highest BCUT2D eigenvalue weighted by Crippen LogP contribution is 2.30. The number of nitrogens with one attached hydrogen (secondary N) is 3. The van der Waals surface area contributed by atoms with E-state index in [9.17, 15) is 9.59 Å². The number of aromatic nitrogens is 2. The summed E-state index contributed by atoms with van der Waals surface area (Å²) < 4.78 is 5.17. The lowest BCUT2D eigenvalue weighted by Gasteiger charge is -2.06. The van der Waals surface area contributed by atoms with Gasteiger partial charge in [-0.2, -0.15) is 5.10 Å². The van der Waals surface area contributed by atoms with Gasteiger partial charge in [0.05, 0.1) is 25.3 Å². The summed E-state index contributed by atoms with van der Waals surface area (Å²) in [6, 6.07) is 18.6. The van der Waals surface area contributed by atoms with E-state index in [1.807, 2.05) is 54.6 Å². The number of amides is 2. The highest BCUT2D eigenvalue weighted by Gasteiger charge is 2.15. The fraction of sp³-hybridized carbons (Fsp3) is 0.136. The molecule has 0 aliphatic heterocycles. The van der Waals surface area contributed by atoms with Crippen LogP contribution in [0.4, 0.5) is 11.5 Å². The number of carbonyl (C=O) groups is 2. The molecule has 0 radical (unpaired) electrons. The molecule has 2 aromatic heterocycles. The van der Waals surface area contributed by atoms with Crippen molar-refractivity contribution in [2.24, 2.45) is 0 Å². The van der Waals surface area contributed by atoms with Gasteiger partial charge >= 0.3 is 0 Å². The van der Waals surface area contributed by atoms with Crippen molar-refractivity contribution in [2.45, 2.75) is 12.8 Å². The van der Waals surface area contributed by atoms with Gasteiger partial charge in [0.2, 0.25) is 11.8 Å². The number of H-pyrrole nitrogens is 1. The predicted molar refractivity (Wildman–Crippen MR) is 118 cm³/mol. The quantitative estimate of drug-likeness (QED) is 0.421. The number of hydrogen-bond acceptors (Lipinski definition) is 5. The maximum Gasteiger partial charge on any atom is 0.229 e. The van der Waals surface area contributed by atoms with Crippen molar-refractivity contribution in [1.29, 1.82) is 0 Å². The Kier molecular flexibility index (Phi) is 5.76. The molecule has 2 amide bonds. The molecule has 2 heterocycles. The first-order valence-corrected chi connectivity index (χ1v) is 10.2. The molecule has 0 fully saturated rings. The van der Waals surface area contributed by atoms with Gasteiger partial charge in [-0.05, 0) is 23.8 Å². The molecule has 0 aliphatic carbocycles. The van der Waals surface area contributed by atoms with E-state index in [4.69, 9.17) is 4.74 Å². The second-order valence-electron chi connectivity index (χ2n) is 6.70. The average molecular weight is 420 g/mol. The molecule has 4 rings (SSSR count). The summed E-state index contributed by atoms with van der Waals surface area (Å²) in [5.74, 6) is 0.959. The zero-order valence-electron chi connectivity index (χ0n) is 16.3. The molecule has 0 atom stereocenters. The highest BCUT2D eigenvalue weighted by molar-refractivity contribution is 7.18. The number of anilines is 2. The number of thiophene rings is 1.